The molecule has 1 rings (SSSR count). The number of carbonyl (C=O) groups excluding carboxylic acids is 3. The first-order chi connectivity index (χ1) is 13.3. The standard InChI is InChI=1S/C20H24F3NO5/c1-13(28-16(25)14-10-6-5-7-11-14)9-8-12-15(17(26)29-19(2,3)4)24-18(27)20(21,22)23/h5-11,13,15H,12H2,1-4H3,(H,24,27)/b9-8-/t13-,15?/m0/s1. The van der Waals surface area contributed by atoms with Crippen LogP contribution in [0.1, 0.15) is 44.5 Å². The van der Waals surface area contributed by atoms with Crippen molar-refractivity contribution in [2.45, 2.75) is 58.0 Å². The van der Waals surface area contributed by atoms with Gasteiger partial charge in [0.15, 0.2) is 0 Å². The van der Waals surface area contributed by atoms with Gasteiger partial charge in [-0.15, -0.1) is 0 Å². The van der Waals surface area contributed by atoms with Gasteiger partial charge in [0.2, 0.25) is 0 Å². The van der Waals surface area contributed by atoms with E-state index >= 15 is 0 Å². The van der Waals surface area contributed by atoms with Crippen LogP contribution in [0.15, 0.2) is 42.5 Å². The molecule has 0 saturated heterocycles. The minimum absolute atomic E-state index is 0.274. The van der Waals surface area contributed by atoms with Gasteiger partial charge in [0.25, 0.3) is 0 Å². The maximum atomic E-state index is 12.5. The fourth-order valence-electron chi connectivity index (χ4n) is 2.08. The number of nitrogens with one attached hydrogen (secondary N) is 1. The van der Waals surface area contributed by atoms with E-state index in [0.29, 0.717) is 5.56 Å². The highest BCUT2D eigenvalue weighted by Gasteiger charge is 2.41. The Labute approximate surface area is 167 Å². The molecule has 0 fully saturated rings. The Morgan fingerprint density at radius 1 is 1.10 bits per heavy atom. The molecule has 0 saturated carbocycles. The largest absolute Gasteiger partial charge is 0.471 e. The lowest BCUT2D eigenvalue weighted by molar-refractivity contribution is -0.177. The Bertz CT molecular complexity index is 739. The third-order valence-electron chi connectivity index (χ3n) is 3.34. The minimum Gasteiger partial charge on any atom is -0.458 e. The summed E-state index contributed by atoms with van der Waals surface area (Å²) in [6, 6.07) is 6.69. The molecule has 29 heavy (non-hydrogen) atoms. The van der Waals surface area contributed by atoms with E-state index in [9.17, 15) is 27.6 Å². The van der Waals surface area contributed by atoms with Crippen molar-refractivity contribution in [2.75, 3.05) is 0 Å². The van der Waals surface area contributed by atoms with Gasteiger partial charge >= 0.3 is 24.0 Å². The van der Waals surface area contributed by atoms with Crippen LogP contribution in [-0.2, 0) is 19.1 Å². The molecule has 0 aliphatic heterocycles. The van der Waals surface area contributed by atoms with Crippen LogP contribution < -0.4 is 5.32 Å². The van der Waals surface area contributed by atoms with Crippen molar-refractivity contribution in [1.82, 2.24) is 5.32 Å². The first-order valence-electron chi connectivity index (χ1n) is 8.83. The van der Waals surface area contributed by atoms with Gasteiger partial charge in [0.05, 0.1) is 5.56 Å². The van der Waals surface area contributed by atoms with Crippen LogP contribution in [-0.4, -0.2) is 41.8 Å². The molecular formula is C20H24F3NO5. The average Bonchev–Trinajstić information content (AvgIpc) is 2.59. The molecule has 9 heteroatoms. The molecule has 0 radical (unpaired) electrons. The molecule has 0 aliphatic carbocycles. The quantitative estimate of drug-likeness (QED) is 0.544. The summed E-state index contributed by atoms with van der Waals surface area (Å²) in [5, 5.41) is 1.62. The lowest BCUT2D eigenvalue weighted by atomic mass is 10.1. The molecule has 1 aromatic rings. The van der Waals surface area contributed by atoms with Gasteiger partial charge < -0.3 is 14.8 Å². The van der Waals surface area contributed by atoms with Gasteiger partial charge in [-0.25, -0.2) is 9.59 Å². The molecule has 0 aliphatic rings. The summed E-state index contributed by atoms with van der Waals surface area (Å²) < 4.78 is 47.8. The van der Waals surface area contributed by atoms with Crippen LogP contribution in [0.3, 0.4) is 0 Å². The van der Waals surface area contributed by atoms with Crippen molar-refractivity contribution in [3.05, 3.63) is 48.0 Å². The van der Waals surface area contributed by atoms with Crippen LogP contribution in [0.2, 0.25) is 0 Å². The number of ether oxygens (including phenoxy) is 2. The van der Waals surface area contributed by atoms with Gasteiger partial charge in [0.1, 0.15) is 17.7 Å². The first-order valence-corrected chi connectivity index (χ1v) is 8.83. The van der Waals surface area contributed by atoms with Crippen LogP contribution in [0.4, 0.5) is 13.2 Å². The Hall–Kier alpha value is -2.84. The van der Waals surface area contributed by atoms with E-state index in [2.05, 4.69) is 0 Å². The molecule has 0 heterocycles. The summed E-state index contributed by atoms with van der Waals surface area (Å²) >= 11 is 0. The van der Waals surface area contributed by atoms with Crippen molar-refractivity contribution in [3.8, 4) is 0 Å². The zero-order chi connectivity index (χ0) is 22.2. The molecule has 1 aromatic carbocycles. The van der Waals surface area contributed by atoms with E-state index in [1.165, 1.54) is 12.2 Å². The zero-order valence-electron chi connectivity index (χ0n) is 16.6. The molecule has 1 N–H and O–H groups in total. The number of hydrogen-bond donors (Lipinski definition) is 1. The fourth-order valence-corrected chi connectivity index (χ4v) is 2.08. The highest BCUT2D eigenvalue weighted by atomic mass is 19.4. The second-order valence-electron chi connectivity index (χ2n) is 7.20. The Morgan fingerprint density at radius 3 is 2.21 bits per heavy atom. The minimum atomic E-state index is -5.14. The molecule has 6 nitrogen and oxygen atoms in total. The van der Waals surface area contributed by atoms with Gasteiger partial charge in [-0.1, -0.05) is 24.3 Å². The topological polar surface area (TPSA) is 81.7 Å². The highest BCUT2D eigenvalue weighted by Crippen LogP contribution is 2.16. The molecule has 0 spiro atoms. The average molecular weight is 415 g/mol. The summed E-state index contributed by atoms with van der Waals surface area (Å²) in [5.74, 6) is -3.82. The molecule has 160 valence electrons. The van der Waals surface area contributed by atoms with E-state index in [4.69, 9.17) is 9.47 Å². The summed E-state index contributed by atoms with van der Waals surface area (Å²) in [5.41, 5.74) is -0.600. The first kappa shape index (κ1) is 24.2. The summed E-state index contributed by atoms with van der Waals surface area (Å²) in [6.07, 6.45) is -3.38. The van der Waals surface area contributed by atoms with E-state index in [0.717, 1.165) is 0 Å². The number of amides is 1. The van der Waals surface area contributed by atoms with Crippen molar-refractivity contribution >= 4 is 17.8 Å². The molecule has 1 amide bonds. The summed E-state index contributed by atoms with van der Waals surface area (Å²) in [4.78, 5) is 35.3. The third-order valence-corrected chi connectivity index (χ3v) is 3.34. The van der Waals surface area contributed by atoms with E-state index in [-0.39, 0.29) is 6.42 Å². The smallest absolute Gasteiger partial charge is 0.458 e. The van der Waals surface area contributed by atoms with Crippen molar-refractivity contribution < 1.29 is 37.0 Å². The number of halogens is 3. The monoisotopic (exact) mass is 415 g/mol. The molecule has 1 unspecified atom stereocenters. The van der Waals surface area contributed by atoms with E-state index < -0.39 is 41.8 Å². The molecule has 0 aromatic heterocycles. The summed E-state index contributed by atoms with van der Waals surface area (Å²) in [6.45, 7) is 6.20. The maximum Gasteiger partial charge on any atom is 0.471 e. The maximum absolute atomic E-state index is 12.5. The number of esters is 2. The number of rotatable bonds is 7. The predicted molar refractivity (Wildman–Crippen MR) is 98.9 cm³/mol. The van der Waals surface area contributed by atoms with Crippen LogP contribution in [0.25, 0.3) is 0 Å². The number of benzene rings is 1. The Morgan fingerprint density at radius 2 is 1.69 bits per heavy atom. The second kappa shape index (κ2) is 10.1. The number of carbonyl (C=O) groups is 3. The van der Waals surface area contributed by atoms with Crippen molar-refractivity contribution in [1.29, 1.82) is 0 Å². The Balaban J connectivity index is 2.75. The third kappa shape index (κ3) is 9.27. The molecular weight excluding hydrogens is 391 g/mol. The van der Waals surface area contributed by atoms with E-state index in [1.54, 1.807) is 63.3 Å². The van der Waals surface area contributed by atoms with Gasteiger partial charge in [0, 0.05) is 0 Å². The van der Waals surface area contributed by atoms with Gasteiger partial charge in [-0.05, 0) is 52.3 Å². The Kier molecular flexibility index (Phi) is 8.42. The van der Waals surface area contributed by atoms with Crippen molar-refractivity contribution in [3.63, 3.8) is 0 Å². The molecule has 0 bridgehead atoms. The summed E-state index contributed by atoms with van der Waals surface area (Å²) in [7, 11) is 0. The van der Waals surface area contributed by atoms with Crippen LogP contribution in [0, 0.1) is 0 Å². The predicted octanol–water partition coefficient (Wildman–Crippen LogP) is 3.57. The fraction of sp³-hybridized carbons (Fsp3) is 0.450. The lowest BCUT2D eigenvalue weighted by Gasteiger charge is -2.24. The SMILES string of the molecule is C[C@@H](/C=C\CC(NC(=O)C(F)(F)F)C(=O)OC(C)(C)C)OC(=O)c1ccccc1. The molecule has 2 atom stereocenters. The van der Waals surface area contributed by atoms with Crippen LogP contribution in [0.5, 0.6) is 0 Å². The number of hydrogen-bond acceptors (Lipinski definition) is 5. The normalized spacial score (nSPS) is 14.2. The van der Waals surface area contributed by atoms with Gasteiger partial charge in [-0.2, -0.15) is 13.2 Å². The number of alkyl halides is 3. The lowest BCUT2D eigenvalue weighted by Crippen LogP contribution is -2.48. The van der Waals surface area contributed by atoms with Crippen molar-refractivity contribution in [2.24, 2.45) is 0 Å². The zero-order valence-corrected chi connectivity index (χ0v) is 16.6. The second-order valence-corrected chi connectivity index (χ2v) is 7.20. The van der Waals surface area contributed by atoms with Gasteiger partial charge in [-0.3, -0.25) is 4.79 Å². The highest BCUT2D eigenvalue weighted by molar-refractivity contribution is 5.89. The van der Waals surface area contributed by atoms with E-state index in [1.807, 2.05) is 0 Å². The van der Waals surface area contributed by atoms with Crippen LogP contribution >= 0.6 is 0 Å².